The first kappa shape index (κ1) is 71.6. The van der Waals surface area contributed by atoms with Crippen LogP contribution in [0.15, 0.2) is 121 Å². The fourth-order valence-electron chi connectivity index (χ4n) is 12.9. The summed E-state index contributed by atoms with van der Waals surface area (Å²) in [4.78, 5) is 93.2. The van der Waals surface area contributed by atoms with Gasteiger partial charge in [-0.05, 0) is 129 Å². The number of rotatable bonds is 18. The molecule has 0 bridgehead atoms. The Kier molecular flexibility index (Phi) is 18.4. The molecule has 0 fully saturated rings. The molecular weight excluding hydrogens is 1290 g/mol. The molecule has 2 aliphatic heterocycles. The molecule has 0 radical (unpaired) electrons. The zero-order valence-corrected chi connectivity index (χ0v) is 58.9. The van der Waals surface area contributed by atoms with E-state index in [4.69, 9.17) is 18.9 Å². The van der Waals surface area contributed by atoms with Crippen molar-refractivity contribution in [2.24, 2.45) is 11.8 Å². The molecule has 2 atom stereocenters. The van der Waals surface area contributed by atoms with Crippen molar-refractivity contribution in [3.8, 4) is 46.0 Å². The molecule has 524 valence electrons. The number of imide groups is 2. The molecule has 0 saturated carbocycles. The summed E-state index contributed by atoms with van der Waals surface area (Å²) >= 11 is 0. The Bertz CT molecular complexity index is 4200. The average Bonchev–Trinajstić information content (AvgIpc) is 0.671. The van der Waals surface area contributed by atoms with Gasteiger partial charge in [0.05, 0.1) is 35.1 Å². The van der Waals surface area contributed by atoms with Gasteiger partial charge >= 0.3 is 12.4 Å². The lowest BCUT2D eigenvalue weighted by Gasteiger charge is -2.36. The summed E-state index contributed by atoms with van der Waals surface area (Å²) in [6.07, 6.45) is -14.1. The van der Waals surface area contributed by atoms with Crippen LogP contribution < -0.4 is 29.6 Å². The molecule has 2 unspecified atom stereocenters. The van der Waals surface area contributed by atoms with Crippen molar-refractivity contribution in [3.05, 3.63) is 166 Å². The van der Waals surface area contributed by atoms with Gasteiger partial charge in [-0.3, -0.25) is 38.6 Å². The van der Waals surface area contributed by atoms with Gasteiger partial charge in [0.2, 0.25) is 11.8 Å². The number of hydrogen-bond acceptors (Lipinski definition) is 10. The highest BCUT2D eigenvalue weighted by Crippen LogP contribution is 2.58. The van der Waals surface area contributed by atoms with E-state index in [2.05, 4.69) is 10.6 Å². The first-order valence-electron chi connectivity index (χ1n) is 33.4. The number of fused-ring (bicyclic) bond motifs is 2. The summed E-state index contributed by atoms with van der Waals surface area (Å²) in [6, 6.07) is 28.1. The molecule has 2 heterocycles. The van der Waals surface area contributed by atoms with Crippen molar-refractivity contribution >= 4 is 78.5 Å². The van der Waals surface area contributed by atoms with E-state index in [0.717, 1.165) is 22.3 Å². The number of carbonyl (C=O) groups excluding carboxylic acids is 6. The summed E-state index contributed by atoms with van der Waals surface area (Å²) in [6.45, 7) is 30.7. The average molecular weight is 1370 g/mol. The van der Waals surface area contributed by atoms with Gasteiger partial charge in [0.15, 0.2) is 0 Å². The molecule has 20 heteroatoms. The second-order valence-corrected chi connectivity index (χ2v) is 31.1. The Labute approximate surface area is 577 Å². The second-order valence-electron chi connectivity index (χ2n) is 31.1. The molecule has 9 aromatic rings. The maximum absolute atomic E-state index is 16.0. The van der Waals surface area contributed by atoms with Crippen LogP contribution in [0.4, 0.5) is 26.3 Å². The van der Waals surface area contributed by atoms with Gasteiger partial charge in [-0.15, -0.1) is 0 Å². The molecule has 9 aromatic carbocycles. The van der Waals surface area contributed by atoms with Crippen molar-refractivity contribution < 1.29 is 74.1 Å². The minimum absolute atomic E-state index is 0.00540. The third-order valence-electron chi connectivity index (χ3n) is 18.2. The molecule has 6 amide bonds. The Morgan fingerprint density at radius 2 is 0.560 bits per heavy atom. The van der Waals surface area contributed by atoms with Crippen molar-refractivity contribution in [3.63, 3.8) is 0 Å². The van der Waals surface area contributed by atoms with Crippen LogP contribution in [0.5, 0.6) is 46.0 Å². The van der Waals surface area contributed by atoms with Gasteiger partial charge in [0, 0.05) is 56.2 Å². The van der Waals surface area contributed by atoms with Crippen LogP contribution in [-0.4, -0.2) is 82.8 Å². The number of benzene rings is 9. The molecule has 0 aliphatic carbocycles. The summed E-state index contributed by atoms with van der Waals surface area (Å²) < 4.78 is 119. The topological polar surface area (TPSA) is 170 Å². The zero-order valence-electron chi connectivity index (χ0n) is 58.9. The van der Waals surface area contributed by atoms with Gasteiger partial charge in [0.1, 0.15) is 58.1 Å². The highest BCUT2D eigenvalue weighted by atomic mass is 19.4. The lowest BCUT2D eigenvalue weighted by molar-refractivity contribution is -0.153. The maximum Gasteiger partial charge on any atom is 0.391 e. The highest BCUT2D eigenvalue weighted by Gasteiger charge is 2.50. The molecule has 14 nitrogen and oxygen atoms in total. The number of halogens is 6. The molecule has 2 N–H and O–H groups in total. The van der Waals surface area contributed by atoms with Gasteiger partial charge in [-0.1, -0.05) is 159 Å². The Morgan fingerprint density at radius 3 is 0.740 bits per heavy atom. The molecule has 2 aliphatic rings. The predicted molar refractivity (Wildman–Crippen MR) is 374 cm³/mol. The number of amides is 6. The number of nitrogens with one attached hydrogen (secondary N) is 2. The Hall–Kier alpha value is -9.72. The number of hydrogen-bond donors (Lipinski definition) is 2. The fraction of sp³-hybridized carbons (Fsp3) is 0.375. The minimum atomic E-state index is -5.11. The van der Waals surface area contributed by atoms with Gasteiger partial charge < -0.3 is 29.6 Å². The first-order chi connectivity index (χ1) is 46.5. The normalized spacial score (nSPS) is 14.7. The number of carbonyl (C=O) groups is 6. The van der Waals surface area contributed by atoms with Crippen LogP contribution in [0.25, 0.3) is 43.1 Å². The largest absolute Gasteiger partial charge is 0.457 e. The number of nitrogens with zero attached hydrogens (tertiary/aromatic N) is 2. The second kappa shape index (κ2) is 25.8. The van der Waals surface area contributed by atoms with Gasteiger partial charge in [0.25, 0.3) is 23.6 Å². The van der Waals surface area contributed by atoms with Crippen LogP contribution in [-0.2, 0) is 31.2 Å². The lowest BCUT2D eigenvalue weighted by Crippen LogP contribution is -2.55. The Balaban J connectivity index is 1.37. The van der Waals surface area contributed by atoms with E-state index in [0.29, 0.717) is 9.80 Å². The molecule has 0 saturated heterocycles. The third-order valence-corrected chi connectivity index (χ3v) is 18.2. The standard InChI is InChI=1S/C80H82F6N4O10/c1-41(2)39-87-69(91)55(37-79(81,82)83)89-71(93)51-33-57(97-47-25-17-43(18-26-47)75(5,6)7)63-65-59(99-49-29-21-45(22-30-49)77(11,12)13)35-53-62-54(74(96)90(73(53)95)56(38-80(84,85)86)70(92)88-40-42(3)4)36-60(100-50-31-23-46(24-32-50)78(14,15)16)66(68(62)65)64-58(34-52(72(89)94)61(51)67(63)64)98-48-27-19-44(20-28-48)76(8,9)10/h17-36,41-42,55-56H,37-40H2,1-16H3,(H,87,91)(H,88,92). The predicted octanol–water partition coefficient (Wildman–Crippen LogP) is 19.5. The van der Waals surface area contributed by atoms with E-state index in [1.165, 1.54) is 24.3 Å². The smallest absolute Gasteiger partial charge is 0.391 e. The van der Waals surface area contributed by atoms with Crippen molar-refractivity contribution in [1.29, 1.82) is 0 Å². The van der Waals surface area contributed by atoms with Crippen LogP contribution >= 0.6 is 0 Å². The van der Waals surface area contributed by atoms with E-state index < -0.39 is 72.7 Å². The summed E-state index contributed by atoms with van der Waals surface area (Å²) in [5, 5.41) is 4.80. The number of alkyl halides is 6. The molecule has 100 heavy (non-hydrogen) atoms. The molecule has 0 spiro atoms. The summed E-state index contributed by atoms with van der Waals surface area (Å²) in [7, 11) is 0. The summed E-state index contributed by atoms with van der Waals surface area (Å²) in [5.74, 6) is -8.40. The van der Waals surface area contributed by atoms with Gasteiger partial charge in [-0.2, -0.15) is 26.3 Å². The van der Waals surface area contributed by atoms with Crippen molar-refractivity contribution in [2.75, 3.05) is 13.1 Å². The zero-order chi connectivity index (χ0) is 73.0. The first-order valence-corrected chi connectivity index (χ1v) is 33.4. The SMILES string of the molecule is CC(C)CNC(=O)C(CC(F)(F)F)N1C(=O)c2cc(Oc3ccc(C(C)(C)C)cc3)c3c4c(Oc5ccc(C(C)(C)C)cc5)cc5c6c(cc(Oc7ccc(C(C)(C)C)cc7)c(c7c(Oc8ccc(C(C)(C)C)cc8)cc(c2c37)C1=O)c64)C(=O)N(C(CC(F)(F)F)C(=O)NCC(C)C)C5=O. The quantitative estimate of drug-likeness (QED) is 0.0365. The minimum Gasteiger partial charge on any atom is -0.457 e. The van der Waals surface area contributed by atoms with E-state index in [-0.39, 0.29) is 158 Å². The Morgan fingerprint density at radius 1 is 0.350 bits per heavy atom. The highest BCUT2D eigenvalue weighted by molar-refractivity contribution is 6.45. The van der Waals surface area contributed by atoms with E-state index >= 15 is 45.5 Å². The van der Waals surface area contributed by atoms with Crippen LogP contribution in [0.3, 0.4) is 0 Å². The van der Waals surface area contributed by atoms with Gasteiger partial charge in [-0.25, -0.2) is 0 Å². The van der Waals surface area contributed by atoms with Crippen LogP contribution in [0.2, 0.25) is 0 Å². The van der Waals surface area contributed by atoms with E-state index in [1.807, 2.05) is 132 Å². The molecule has 11 rings (SSSR count). The molecule has 0 aromatic heterocycles. The fourth-order valence-corrected chi connectivity index (χ4v) is 12.9. The van der Waals surface area contributed by atoms with Crippen molar-refractivity contribution in [1.82, 2.24) is 20.4 Å². The third kappa shape index (κ3) is 14.1. The van der Waals surface area contributed by atoms with Crippen LogP contribution in [0, 0.1) is 11.8 Å². The van der Waals surface area contributed by atoms with E-state index in [1.54, 1.807) is 76.2 Å². The maximum atomic E-state index is 16.0. The molecular formula is C80H82F6N4O10. The van der Waals surface area contributed by atoms with E-state index in [9.17, 15) is 9.59 Å². The monoisotopic (exact) mass is 1370 g/mol. The number of ether oxygens (including phenoxy) is 4. The summed E-state index contributed by atoms with van der Waals surface area (Å²) in [5.41, 5.74) is 0.507. The van der Waals surface area contributed by atoms with Crippen molar-refractivity contribution in [2.45, 2.75) is 170 Å². The lowest BCUT2D eigenvalue weighted by atomic mass is 9.80. The van der Waals surface area contributed by atoms with Crippen LogP contribution in [0.1, 0.15) is 187 Å².